The zero-order valence-corrected chi connectivity index (χ0v) is 10.2. The lowest BCUT2D eigenvalue weighted by Crippen LogP contribution is -2.25. The van der Waals surface area contributed by atoms with Gasteiger partial charge >= 0.3 is 0 Å². The van der Waals surface area contributed by atoms with Crippen molar-refractivity contribution in [2.75, 3.05) is 11.9 Å². The van der Waals surface area contributed by atoms with Gasteiger partial charge in [-0.15, -0.1) is 0 Å². The fourth-order valence-corrected chi connectivity index (χ4v) is 1.60. The van der Waals surface area contributed by atoms with Crippen molar-refractivity contribution in [1.82, 2.24) is 9.78 Å². The number of anilines is 1. The number of hydrogen-bond acceptors (Lipinski definition) is 3. The Morgan fingerprint density at radius 3 is 2.56 bits per heavy atom. The number of aromatic nitrogens is 2. The second kappa shape index (κ2) is 4.72. The first-order valence-corrected chi connectivity index (χ1v) is 5.38. The summed E-state index contributed by atoms with van der Waals surface area (Å²) in [6.45, 7) is 0. The van der Waals surface area contributed by atoms with Gasteiger partial charge in [0.1, 0.15) is 0 Å². The summed E-state index contributed by atoms with van der Waals surface area (Å²) in [5.74, 6) is -0.132. The maximum absolute atomic E-state index is 12.1. The van der Waals surface area contributed by atoms with E-state index in [1.165, 1.54) is 11.1 Å². The zero-order valence-electron chi connectivity index (χ0n) is 10.2. The molecule has 2 rings (SSSR count). The summed E-state index contributed by atoms with van der Waals surface area (Å²) in [4.78, 5) is 13.6. The lowest BCUT2D eigenvalue weighted by Gasteiger charge is -2.16. The van der Waals surface area contributed by atoms with Crippen molar-refractivity contribution in [1.29, 1.82) is 5.26 Å². The molecule has 5 nitrogen and oxygen atoms in total. The number of nitrogens with zero attached hydrogens (tertiary/aromatic N) is 4. The summed E-state index contributed by atoms with van der Waals surface area (Å²) in [6.07, 6.45) is 3.20. The third-order valence-electron chi connectivity index (χ3n) is 2.64. The van der Waals surface area contributed by atoms with Crippen LogP contribution in [-0.2, 0) is 7.05 Å². The van der Waals surface area contributed by atoms with E-state index in [0.29, 0.717) is 11.1 Å². The Hall–Kier alpha value is -2.61. The highest BCUT2D eigenvalue weighted by molar-refractivity contribution is 6.05. The fourth-order valence-electron chi connectivity index (χ4n) is 1.60. The molecule has 0 saturated carbocycles. The number of amides is 1. The quantitative estimate of drug-likeness (QED) is 0.800. The normalized spacial score (nSPS) is 9.83. The largest absolute Gasteiger partial charge is 0.311 e. The van der Waals surface area contributed by atoms with E-state index in [9.17, 15) is 4.79 Å². The van der Waals surface area contributed by atoms with Gasteiger partial charge in [-0.05, 0) is 24.3 Å². The summed E-state index contributed by atoms with van der Waals surface area (Å²) >= 11 is 0. The lowest BCUT2D eigenvalue weighted by atomic mass is 10.2. The van der Waals surface area contributed by atoms with Crippen LogP contribution in [0.5, 0.6) is 0 Å². The summed E-state index contributed by atoms with van der Waals surface area (Å²) in [5.41, 5.74) is 1.84. The molecule has 0 bridgehead atoms. The molecule has 0 radical (unpaired) electrons. The van der Waals surface area contributed by atoms with Crippen LogP contribution in [-0.4, -0.2) is 22.7 Å². The summed E-state index contributed by atoms with van der Waals surface area (Å²) < 4.78 is 1.58. The average Bonchev–Trinajstić information content (AvgIpc) is 2.84. The number of nitriles is 1. The monoisotopic (exact) mass is 240 g/mol. The molecule has 1 aromatic heterocycles. The molecule has 90 valence electrons. The minimum atomic E-state index is -0.132. The average molecular weight is 240 g/mol. The SMILES string of the molecule is CN(C(=O)c1cnn(C)c1)c1ccc(C#N)cc1. The third-order valence-corrected chi connectivity index (χ3v) is 2.64. The second-order valence-electron chi connectivity index (χ2n) is 3.93. The van der Waals surface area contributed by atoms with Gasteiger partial charge in [-0.1, -0.05) is 0 Å². The summed E-state index contributed by atoms with van der Waals surface area (Å²) in [6, 6.07) is 8.89. The van der Waals surface area contributed by atoms with E-state index < -0.39 is 0 Å². The first-order chi connectivity index (χ1) is 8.61. The Balaban J connectivity index is 2.23. The van der Waals surface area contributed by atoms with Crippen LogP contribution in [0.15, 0.2) is 36.7 Å². The van der Waals surface area contributed by atoms with Crippen LogP contribution < -0.4 is 4.90 Å². The number of rotatable bonds is 2. The van der Waals surface area contributed by atoms with E-state index >= 15 is 0 Å². The van der Waals surface area contributed by atoms with Crippen molar-refractivity contribution in [2.45, 2.75) is 0 Å². The fraction of sp³-hybridized carbons (Fsp3) is 0.154. The summed E-state index contributed by atoms with van der Waals surface area (Å²) in [7, 11) is 3.45. The third kappa shape index (κ3) is 2.23. The van der Waals surface area contributed by atoms with Gasteiger partial charge in [0, 0.05) is 26.0 Å². The van der Waals surface area contributed by atoms with Crippen LogP contribution in [0, 0.1) is 11.3 Å². The smallest absolute Gasteiger partial charge is 0.261 e. The molecule has 0 N–H and O–H groups in total. The predicted molar refractivity (Wildman–Crippen MR) is 67.1 cm³/mol. The molecule has 0 aliphatic carbocycles. The van der Waals surface area contributed by atoms with Crippen molar-refractivity contribution < 1.29 is 4.79 Å². The van der Waals surface area contributed by atoms with Crippen LogP contribution in [0.2, 0.25) is 0 Å². The summed E-state index contributed by atoms with van der Waals surface area (Å²) in [5, 5.41) is 12.7. The molecule has 0 aliphatic rings. The molecule has 18 heavy (non-hydrogen) atoms. The molecular weight excluding hydrogens is 228 g/mol. The molecule has 1 amide bonds. The Labute approximate surface area is 105 Å². The van der Waals surface area contributed by atoms with Gasteiger partial charge < -0.3 is 4.90 Å². The Morgan fingerprint density at radius 1 is 1.39 bits per heavy atom. The number of carbonyl (C=O) groups excluding carboxylic acids is 1. The first kappa shape index (κ1) is 11.9. The van der Waals surface area contributed by atoms with Crippen LogP contribution in [0.25, 0.3) is 0 Å². The van der Waals surface area contributed by atoms with Crippen molar-refractivity contribution in [3.63, 3.8) is 0 Å². The molecule has 5 heteroatoms. The molecular formula is C13H12N4O. The van der Waals surface area contributed by atoms with Crippen LogP contribution in [0.3, 0.4) is 0 Å². The van der Waals surface area contributed by atoms with Gasteiger partial charge in [0.15, 0.2) is 0 Å². The van der Waals surface area contributed by atoms with E-state index in [1.54, 1.807) is 49.2 Å². The highest BCUT2D eigenvalue weighted by Gasteiger charge is 2.14. The van der Waals surface area contributed by atoms with Crippen LogP contribution >= 0.6 is 0 Å². The minimum absolute atomic E-state index is 0.132. The molecule has 0 aliphatic heterocycles. The maximum atomic E-state index is 12.1. The maximum Gasteiger partial charge on any atom is 0.261 e. The van der Waals surface area contributed by atoms with Crippen LogP contribution in [0.4, 0.5) is 5.69 Å². The molecule has 2 aromatic rings. The van der Waals surface area contributed by atoms with E-state index in [2.05, 4.69) is 5.10 Å². The molecule has 0 atom stereocenters. The lowest BCUT2D eigenvalue weighted by molar-refractivity contribution is 0.0993. The highest BCUT2D eigenvalue weighted by atomic mass is 16.2. The highest BCUT2D eigenvalue weighted by Crippen LogP contribution is 2.16. The van der Waals surface area contributed by atoms with E-state index in [-0.39, 0.29) is 5.91 Å². The molecule has 0 spiro atoms. The van der Waals surface area contributed by atoms with E-state index in [0.717, 1.165) is 5.69 Å². The van der Waals surface area contributed by atoms with Crippen molar-refractivity contribution in [3.05, 3.63) is 47.8 Å². The van der Waals surface area contributed by atoms with Gasteiger partial charge in [-0.3, -0.25) is 9.48 Å². The molecule has 0 unspecified atom stereocenters. The van der Waals surface area contributed by atoms with Gasteiger partial charge in [0.25, 0.3) is 5.91 Å². The zero-order chi connectivity index (χ0) is 13.1. The van der Waals surface area contributed by atoms with E-state index in [4.69, 9.17) is 5.26 Å². The van der Waals surface area contributed by atoms with E-state index in [1.807, 2.05) is 6.07 Å². The molecule has 0 saturated heterocycles. The van der Waals surface area contributed by atoms with Gasteiger partial charge in [0.05, 0.1) is 23.4 Å². The molecule has 0 fully saturated rings. The Morgan fingerprint density at radius 2 is 2.06 bits per heavy atom. The van der Waals surface area contributed by atoms with Crippen molar-refractivity contribution >= 4 is 11.6 Å². The standard InChI is InChI=1S/C13H12N4O/c1-16-9-11(8-15-16)13(18)17(2)12-5-3-10(7-14)4-6-12/h3-6,8-9H,1-2H3. The molecule has 1 heterocycles. The second-order valence-corrected chi connectivity index (χ2v) is 3.93. The Bertz CT molecular complexity index is 607. The molecule has 1 aromatic carbocycles. The minimum Gasteiger partial charge on any atom is -0.311 e. The number of benzene rings is 1. The number of aryl methyl sites for hydroxylation is 1. The van der Waals surface area contributed by atoms with Crippen molar-refractivity contribution in [2.24, 2.45) is 7.05 Å². The topological polar surface area (TPSA) is 61.9 Å². The number of carbonyl (C=O) groups is 1. The Kier molecular flexibility index (Phi) is 3.11. The van der Waals surface area contributed by atoms with Gasteiger partial charge in [-0.2, -0.15) is 10.4 Å². The predicted octanol–water partition coefficient (Wildman–Crippen LogP) is 1.57. The first-order valence-electron chi connectivity index (χ1n) is 5.38. The number of hydrogen-bond donors (Lipinski definition) is 0. The van der Waals surface area contributed by atoms with Crippen LogP contribution in [0.1, 0.15) is 15.9 Å². The van der Waals surface area contributed by atoms with Gasteiger partial charge in [-0.25, -0.2) is 0 Å². The van der Waals surface area contributed by atoms with Crippen molar-refractivity contribution in [3.8, 4) is 6.07 Å². The van der Waals surface area contributed by atoms with Gasteiger partial charge in [0.2, 0.25) is 0 Å².